The van der Waals surface area contributed by atoms with Crippen molar-refractivity contribution < 1.29 is 26.9 Å². The molecule has 5 rings (SSSR count). The quantitative estimate of drug-likeness (QED) is 0.762. The highest BCUT2D eigenvalue weighted by Gasteiger charge is 2.51. The van der Waals surface area contributed by atoms with Gasteiger partial charge in [0.25, 0.3) is 0 Å². The van der Waals surface area contributed by atoms with Crippen LogP contribution in [0.5, 0.6) is 0 Å². The lowest BCUT2D eigenvalue weighted by Gasteiger charge is -2.54. The van der Waals surface area contributed by atoms with Crippen LogP contribution in [0.15, 0.2) is 11.1 Å². The van der Waals surface area contributed by atoms with Gasteiger partial charge in [0.15, 0.2) is 5.69 Å². The Kier molecular flexibility index (Phi) is 5.05. The zero-order valence-electron chi connectivity index (χ0n) is 16.9. The van der Waals surface area contributed by atoms with Crippen molar-refractivity contribution in [2.24, 2.45) is 12.5 Å². The van der Waals surface area contributed by atoms with Gasteiger partial charge in [-0.25, -0.2) is 8.51 Å². The molecule has 0 aromatic carbocycles. The van der Waals surface area contributed by atoms with E-state index < -0.39 is 22.9 Å². The second-order valence-electron chi connectivity index (χ2n) is 9.33. The van der Waals surface area contributed by atoms with Crippen molar-refractivity contribution in [1.29, 1.82) is 0 Å². The third-order valence-corrected chi connectivity index (χ3v) is 8.60. The van der Waals surface area contributed by atoms with Crippen molar-refractivity contribution in [2.45, 2.75) is 61.0 Å². The van der Waals surface area contributed by atoms with Gasteiger partial charge in [0.2, 0.25) is 0 Å². The molecule has 4 aliphatic rings. The summed E-state index contributed by atoms with van der Waals surface area (Å²) in [4.78, 5) is 0. The third kappa shape index (κ3) is 3.72. The number of hydrogen-bond donors (Lipinski definition) is 1. The van der Waals surface area contributed by atoms with Crippen LogP contribution < -0.4 is 5.32 Å². The van der Waals surface area contributed by atoms with Gasteiger partial charge in [-0.1, -0.05) is 0 Å². The van der Waals surface area contributed by atoms with Crippen LogP contribution in [0, 0.1) is 5.41 Å². The van der Waals surface area contributed by atoms with Gasteiger partial charge in [-0.15, -0.1) is 0 Å². The molecular formula is C19H27F3N4O3S. The van der Waals surface area contributed by atoms with E-state index in [-0.39, 0.29) is 10.6 Å². The fraction of sp³-hybridized carbons (Fsp3) is 0.842. The molecule has 1 aromatic rings. The van der Waals surface area contributed by atoms with Gasteiger partial charge in [0.1, 0.15) is 16.0 Å². The smallest absolute Gasteiger partial charge is 0.380 e. The first kappa shape index (κ1) is 20.9. The van der Waals surface area contributed by atoms with Gasteiger partial charge in [-0.3, -0.25) is 4.68 Å². The van der Waals surface area contributed by atoms with Crippen LogP contribution in [-0.2, 0) is 33.7 Å². The second kappa shape index (κ2) is 7.26. The number of aromatic nitrogens is 2. The Morgan fingerprint density at radius 2 is 1.90 bits per heavy atom. The maximum Gasteiger partial charge on any atom is 0.435 e. The SMILES string of the molecule is Cn1nc(C(F)(F)F)cc1S(=O)N1CCC2(CC1)CC(NC1CC3(COC3)C1)CO2. The lowest BCUT2D eigenvalue weighted by Crippen LogP contribution is -2.60. The first-order chi connectivity index (χ1) is 14.2. The summed E-state index contributed by atoms with van der Waals surface area (Å²) >= 11 is 0. The average Bonchev–Trinajstić information content (AvgIpc) is 3.20. The van der Waals surface area contributed by atoms with Gasteiger partial charge in [0.05, 0.1) is 25.4 Å². The molecule has 1 aromatic heterocycles. The highest BCUT2D eigenvalue weighted by Crippen LogP contribution is 2.47. The van der Waals surface area contributed by atoms with Crippen molar-refractivity contribution in [1.82, 2.24) is 19.4 Å². The number of halogens is 3. The predicted molar refractivity (Wildman–Crippen MR) is 102 cm³/mol. The summed E-state index contributed by atoms with van der Waals surface area (Å²) in [6, 6.07) is 1.75. The third-order valence-electron chi connectivity index (χ3n) is 7.03. The summed E-state index contributed by atoms with van der Waals surface area (Å²) in [7, 11) is -0.282. The predicted octanol–water partition coefficient (Wildman–Crippen LogP) is 1.85. The lowest BCUT2D eigenvalue weighted by molar-refractivity contribution is -0.168. The highest BCUT2D eigenvalue weighted by molar-refractivity contribution is 7.82. The van der Waals surface area contributed by atoms with Gasteiger partial charge >= 0.3 is 6.18 Å². The van der Waals surface area contributed by atoms with Crippen LogP contribution >= 0.6 is 0 Å². The first-order valence-corrected chi connectivity index (χ1v) is 11.5. The maximum atomic E-state index is 12.9. The molecule has 2 atom stereocenters. The number of nitrogens with one attached hydrogen (secondary N) is 1. The second-order valence-corrected chi connectivity index (χ2v) is 10.8. The molecule has 1 saturated carbocycles. The Morgan fingerprint density at radius 1 is 1.20 bits per heavy atom. The van der Waals surface area contributed by atoms with Crippen LogP contribution in [-0.4, -0.2) is 68.9 Å². The van der Waals surface area contributed by atoms with Crippen LogP contribution in [0.1, 0.15) is 37.8 Å². The largest absolute Gasteiger partial charge is 0.435 e. The van der Waals surface area contributed by atoms with E-state index in [2.05, 4.69) is 10.4 Å². The molecule has 2 spiro atoms. The molecule has 30 heavy (non-hydrogen) atoms. The maximum absolute atomic E-state index is 12.9. The molecule has 0 bridgehead atoms. The molecule has 4 heterocycles. The molecule has 0 amide bonds. The van der Waals surface area contributed by atoms with Gasteiger partial charge < -0.3 is 14.8 Å². The van der Waals surface area contributed by atoms with Crippen LogP contribution in [0.25, 0.3) is 0 Å². The van der Waals surface area contributed by atoms with E-state index in [4.69, 9.17) is 9.47 Å². The molecular weight excluding hydrogens is 421 g/mol. The molecule has 1 aliphatic carbocycles. The van der Waals surface area contributed by atoms with Crippen molar-refractivity contribution in [2.75, 3.05) is 32.9 Å². The molecule has 7 nitrogen and oxygen atoms in total. The van der Waals surface area contributed by atoms with E-state index in [1.165, 1.54) is 19.9 Å². The molecule has 0 radical (unpaired) electrons. The topological polar surface area (TPSA) is 68.6 Å². The Bertz CT molecular complexity index is 825. The molecule has 3 aliphatic heterocycles. The fourth-order valence-electron chi connectivity index (χ4n) is 5.31. The Balaban J connectivity index is 1.14. The van der Waals surface area contributed by atoms with Crippen LogP contribution in [0.3, 0.4) is 0 Å². The highest BCUT2D eigenvalue weighted by atomic mass is 32.2. The van der Waals surface area contributed by atoms with Crippen molar-refractivity contribution in [3.63, 3.8) is 0 Å². The van der Waals surface area contributed by atoms with E-state index in [9.17, 15) is 17.4 Å². The molecule has 11 heteroatoms. The van der Waals surface area contributed by atoms with Gasteiger partial charge in [-0.05, 0) is 32.1 Å². The summed E-state index contributed by atoms with van der Waals surface area (Å²) in [6.45, 7) is 3.51. The average molecular weight is 449 g/mol. The number of aryl methyl sites for hydroxylation is 1. The number of rotatable bonds is 4. The van der Waals surface area contributed by atoms with E-state index in [0.717, 1.165) is 43.2 Å². The first-order valence-electron chi connectivity index (χ1n) is 10.4. The van der Waals surface area contributed by atoms with Crippen molar-refractivity contribution in [3.8, 4) is 0 Å². The summed E-state index contributed by atoms with van der Waals surface area (Å²) in [5, 5.41) is 7.27. The summed E-state index contributed by atoms with van der Waals surface area (Å²) < 4.78 is 65.8. The summed E-state index contributed by atoms with van der Waals surface area (Å²) in [6.07, 6.45) is 0.184. The number of piperidine rings is 1. The van der Waals surface area contributed by atoms with Gasteiger partial charge in [0, 0.05) is 43.7 Å². The standard InChI is InChI=1S/C19H27F3N4O3S/c1-25-16(6-15(24-25)19(20,21)22)30(27)26-4-2-18(3-5-26)9-14(10-29-18)23-13-7-17(8-13)11-28-12-17/h6,13-14,23H,2-5,7-12H2,1H3. The molecule has 3 saturated heterocycles. The number of nitrogens with zero attached hydrogens (tertiary/aromatic N) is 3. The number of alkyl halides is 3. The zero-order chi connectivity index (χ0) is 21.1. The van der Waals surface area contributed by atoms with E-state index in [0.29, 0.717) is 37.2 Å². The minimum Gasteiger partial charge on any atom is -0.380 e. The Labute approximate surface area is 175 Å². The normalized spacial score (nSPS) is 29.8. The van der Waals surface area contributed by atoms with Crippen LogP contribution in [0.4, 0.5) is 13.2 Å². The van der Waals surface area contributed by atoms with E-state index >= 15 is 0 Å². The Morgan fingerprint density at radius 3 is 2.47 bits per heavy atom. The molecule has 2 unspecified atom stereocenters. The molecule has 168 valence electrons. The molecule has 4 fully saturated rings. The zero-order valence-corrected chi connectivity index (χ0v) is 17.7. The van der Waals surface area contributed by atoms with Crippen LogP contribution in [0.2, 0.25) is 0 Å². The van der Waals surface area contributed by atoms with Crippen molar-refractivity contribution in [3.05, 3.63) is 11.8 Å². The van der Waals surface area contributed by atoms with Gasteiger partial charge in [-0.2, -0.15) is 18.3 Å². The summed E-state index contributed by atoms with van der Waals surface area (Å²) in [5.41, 5.74) is -0.800. The van der Waals surface area contributed by atoms with Crippen molar-refractivity contribution >= 4 is 11.0 Å². The van der Waals surface area contributed by atoms with E-state index in [1.807, 2.05) is 0 Å². The minimum absolute atomic E-state index is 0.0732. The fourth-order valence-corrected chi connectivity index (χ4v) is 6.56. The Hall–Kier alpha value is -1.01. The monoisotopic (exact) mass is 448 g/mol. The van der Waals surface area contributed by atoms with E-state index in [1.54, 1.807) is 4.31 Å². The number of ether oxygens (including phenoxy) is 2. The molecule has 1 N–H and O–H groups in total. The minimum atomic E-state index is -4.54. The lowest BCUT2D eigenvalue weighted by atomic mass is 9.64. The summed E-state index contributed by atoms with van der Waals surface area (Å²) in [5.74, 6) is 0. The number of hydrogen-bond acceptors (Lipinski definition) is 5.